The van der Waals surface area contributed by atoms with Crippen molar-refractivity contribution in [3.8, 4) is 0 Å². The number of piperidine rings is 1. The molecule has 0 saturated carbocycles. The third kappa shape index (κ3) is 7.24. The highest BCUT2D eigenvalue weighted by molar-refractivity contribution is 5.79. The van der Waals surface area contributed by atoms with Crippen molar-refractivity contribution in [2.45, 2.75) is 32.6 Å². The molecule has 0 unspecified atom stereocenters. The van der Waals surface area contributed by atoms with E-state index in [1.807, 2.05) is 7.05 Å². The van der Waals surface area contributed by atoms with Crippen LogP contribution in [0.5, 0.6) is 0 Å². The minimum absolute atomic E-state index is 0.894. The Labute approximate surface area is 159 Å². The zero-order valence-electron chi connectivity index (χ0n) is 17.1. The summed E-state index contributed by atoms with van der Waals surface area (Å²) < 4.78 is 0. The van der Waals surface area contributed by atoms with E-state index in [2.05, 4.69) is 70.7 Å². The molecule has 1 heterocycles. The molecule has 0 bridgehead atoms. The minimum atomic E-state index is 0.894. The molecule has 146 valence electrons. The van der Waals surface area contributed by atoms with Crippen LogP contribution in [-0.2, 0) is 6.42 Å². The summed E-state index contributed by atoms with van der Waals surface area (Å²) in [6.07, 6.45) is 4.87. The van der Waals surface area contributed by atoms with E-state index in [0.29, 0.717) is 0 Å². The van der Waals surface area contributed by atoms with E-state index >= 15 is 0 Å². The monoisotopic (exact) mass is 359 g/mol. The van der Waals surface area contributed by atoms with Crippen molar-refractivity contribution in [1.82, 2.24) is 15.5 Å². The Morgan fingerprint density at radius 1 is 1.12 bits per heavy atom. The summed E-state index contributed by atoms with van der Waals surface area (Å²) in [6.45, 7) is 7.95. The average Bonchev–Trinajstić information content (AvgIpc) is 2.65. The van der Waals surface area contributed by atoms with Gasteiger partial charge >= 0.3 is 0 Å². The highest BCUT2D eigenvalue weighted by Crippen LogP contribution is 2.15. The lowest BCUT2D eigenvalue weighted by Crippen LogP contribution is -2.40. The third-order valence-electron chi connectivity index (χ3n) is 5.20. The van der Waals surface area contributed by atoms with Gasteiger partial charge in [-0.3, -0.25) is 4.99 Å². The Morgan fingerprint density at radius 3 is 2.38 bits per heavy atom. The first-order valence-corrected chi connectivity index (χ1v) is 10.0. The minimum Gasteiger partial charge on any atom is -0.378 e. The van der Waals surface area contributed by atoms with Crippen LogP contribution >= 0.6 is 0 Å². The molecule has 1 aliphatic heterocycles. The zero-order chi connectivity index (χ0) is 18.8. The highest BCUT2D eigenvalue weighted by atomic mass is 15.2. The third-order valence-corrected chi connectivity index (χ3v) is 5.20. The van der Waals surface area contributed by atoms with E-state index in [1.54, 1.807) is 0 Å². The molecule has 26 heavy (non-hydrogen) atoms. The van der Waals surface area contributed by atoms with Crippen LogP contribution in [0.3, 0.4) is 0 Å². The molecule has 1 aromatic carbocycles. The fraction of sp³-hybridized carbons (Fsp3) is 0.667. The van der Waals surface area contributed by atoms with Crippen LogP contribution < -0.4 is 15.5 Å². The molecule has 1 saturated heterocycles. The average molecular weight is 360 g/mol. The first kappa shape index (κ1) is 20.6. The molecule has 0 radical (unpaired) electrons. The molecule has 1 aromatic rings. The van der Waals surface area contributed by atoms with Crippen molar-refractivity contribution in [3.05, 3.63) is 29.8 Å². The summed E-state index contributed by atoms with van der Waals surface area (Å²) in [4.78, 5) is 9.04. The predicted molar refractivity (Wildman–Crippen MR) is 113 cm³/mol. The van der Waals surface area contributed by atoms with Crippen molar-refractivity contribution in [3.63, 3.8) is 0 Å². The van der Waals surface area contributed by atoms with Gasteiger partial charge in [-0.05, 0) is 68.9 Å². The SMILES string of the molecule is CN=C(NCCCN1CCC(C)CC1)NCCc1ccc(N(C)C)cc1. The van der Waals surface area contributed by atoms with Gasteiger partial charge in [0.15, 0.2) is 5.96 Å². The summed E-state index contributed by atoms with van der Waals surface area (Å²) >= 11 is 0. The van der Waals surface area contributed by atoms with Crippen LogP contribution in [0.2, 0.25) is 0 Å². The van der Waals surface area contributed by atoms with Gasteiger partial charge in [-0.1, -0.05) is 19.1 Å². The summed E-state index contributed by atoms with van der Waals surface area (Å²) in [5.74, 6) is 1.81. The van der Waals surface area contributed by atoms with Crippen molar-refractivity contribution < 1.29 is 0 Å². The lowest BCUT2D eigenvalue weighted by molar-refractivity contribution is 0.191. The van der Waals surface area contributed by atoms with Crippen molar-refractivity contribution in [1.29, 1.82) is 0 Å². The van der Waals surface area contributed by atoms with Crippen LogP contribution in [0.1, 0.15) is 31.7 Å². The van der Waals surface area contributed by atoms with Gasteiger partial charge in [0.1, 0.15) is 0 Å². The zero-order valence-corrected chi connectivity index (χ0v) is 17.1. The highest BCUT2D eigenvalue weighted by Gasteiger charge is 2.14. The predicted octanol–water partition coefficient (Wildman–Crippen LogP) is 2.58. The van der Waals surface area contributed by atoms with Gasteiger partial charge in [-0.2, -0.15) is 0 Å². The summed E-state index contributed by atoms with van der Waals surface area (Å²) in [5.41, 5.74) is 2.58. The maximum atomic E-state index is 4.32. The molecule has 0 spiro atoms. The first-order chi connectivity index (χ1) is 12.6. The quantitative estimate of drug-likeness (QED) is 0.425. The number of nitrogens with zero attached hydrogens (tertiary/aromatic N) is 3. The molecule has 1 aliphatic rings. The van der Waals surface area contributed by atoms with Gasteiger partial charge in [0.2, 0.25) is 0 Å². The standard InChI is InChI=1S/C21H37N5/c1-18-11-16-26(17-12-18)15-5-13-23-21(22-2)24-14-10-19-6-8-20(9-7-19)25(3)4/h6-9,18H,5,10-17H2,1-4H3,(H2,22,23,24). The number of nitrogens with one attached hydrogen (secondary N) is 2. The van der Waals surface area contributed by atoms with Gasteiger partial charge in [0, 0.05) is 39.9 Å². The number of guanidine groups is 1. The van der Waals surface area contributed by atoms with Gasteiger partial charge in [0.25, 0.3) is 0 Å². The van der Waals surface area contributed by atoms with E-state index in [0.717, 1.165) is 31.4 Å². The number of aliphatic imine (C=N–C) groups is 1. The van der Waals surface area contributed by atoms with Crippen LogP contribution in [0.25, 0.3) is 0 Å². The van der Waals surface area contributed by atoms with Gasteiger partial charge in [-0.25, -0.2) is 0 Å². The summed E-state index contributed by atoms with van der Waals surface area (Å²) in [5, 5.41) is 6.85. The fourth-order valence-corrected chi connectivity index (χ4v) is 3.30. The number of anilines is 1. The maximum Gasteiger partial charge on any atom is 0.190 e. The number of benzene rings is 1. The molecular formula is C21H37N5. The van der Waals surface area contributed by atoms with E-state index in [9.17, 15) is 0 Å². The van der Waals surface area contributed by atoms with E-state index < -0.39 is 0 Å². The lowest BCUT2D eigenvalue weighted by Gasteiger charge is -2.30. The van der Waals surface area contributed by atoms with Crippen LogP contribution in [0.4, 0.5) is 5.69 Å². The van der Waals surface area contributed by atoms with Gasteiger partial charge < -0.3 is 20.4 Å². The van der Waals surface area contributed by atoms with Crippen molar-refractivity contribution >= 4 is 11.6 Å². The molecule has 0 amide bonds. The Balaban J connectivity index is 1.59. The number of hydrogen-bond donors (Lipinski definition) is 2. The molecule has 5 nitrogen and oxygen atoms in total. The number of rotatable bonds is 8. The lowest BCUT2D eigenvalue weighted by atomic mass is 9.99. The van der Waals surface area contributed by atoms with Crippen molar-refractivity contribution in [2.24, 2.45) is 10.9 Å². The second kappa shape index (κ2) is 11.1. The molecule has 5 heteroatoms. The molecule has 0 aromatic heterocycles. The second-order valence-electron chi connectivity index (χ2n) is 7.61. The second-order valence-corrected chi connectivity index (χ2v) is 7.61. The number of hydrogen-bond acceptors (Lipinski definition) is 3. The normalized spacial score (nSPS) is 16.5. The van der Waals surface area contributed by atoms with Crippen molar-refractivity contribution in [2.75, 3.05) is 58.8 Å². The largest absolute Gasteiger partial charge is 0.378 e. The molecule has 0 atom stereocenters. The number of likely N-dealkylation sites (tertiary alicyclic amines) is 1. The van der Waals surface area contributed by atoms with E-state index in [1.165, 1.54) is 50.1 Å². The van der Waals surface area contributed by atoms with Gasteiger partial charge in [0.05, 0.1) is 0 Å². The van der Waals surface area contributed by atoms with Gasteiger partial charge in [-0.15, -0.1) is 0 Å². The Hall–Kier alpha value is -1.75. The van der Waals surface area contributed by atoms with Crippen LogP contribution in [0.15, 0.2) is 29.3 Å². The summed E-state index contributed by atoms with van der Waals surface area (Å²) in [7, 11) is 5.98. The Morgan fingerprint density at radius 2 is 1.77 bits per heavy atom. The fourth-order valence-electron chi connectivity index (χ4n) is 3.30. The summed E-state index contributed by atoms with van der Waals surface area (Å²) in [6, 6.07) is 8.74. The molecule has 2 N–H and O–H groups in total. The molecule has 2 rings (SSSR count). The first-order valence-electron chi connectivity index (χ1n) is 10.0. The van der Waals surface area contributed by atoms with E-state index in [4.69, 9.17) is 0 Å². The molecular weight excluding hydrogens is 322 g/mol. The Bertz CT molecular complexity index is 530. The smallest absolute Gasteiger partial charge is 0.190 e. The Kier molecular flexibility index (Phi) is 8.75. The molecule has 1 fully saturated rings. The molecule has 0 aliphatic carbocycles. The van der Waals surface area contributed by atoms with E-state index in [-0.39, 0.29) is 0 Å². The topological polar surface area (TPSA) is 42.9 Å². The van der Waals surface area contributed by atoms with Crippen LogP contribution in [0, 0.1) is 5.92 Å². The van der Waals surface area contributed by atoms with Crippen LogP contribution in [-0.4, -0.2) is 64.7 Å². The maximum absolute atomic E-state index is 4.32.